The Morgan fingerprint density at radius 1 is 1.24 bits per heavy atom. The molecule has 1 aromatic rings. The van der Waals surface area contributed by atoms with Gasteiger partial charge in [-0.3, -0.25) is 24.5 Å². The second kappa shape index (κ2) is 5.55. The molecule has 0 aromatic heterocycles. The second-order valence-corrected chi connectivity index (χ2v) is 8.62. The second-order valence-electron chi connectivity index (χ2n) is 6.60. The number of fused-ring (bicyclic) bond motifs is 1. The standard InChI is InChI=1S/C16H15NO7S/c1-7-10-6-11(10)16(20)13(14(7)18)15(19)9-4-3-8(25(2,23)24)5-12(9)17(21)22/h3-5,7,10-11,13H,6H2,1-2H3. The van der Waals surface area contributed by atoms with Crippen LogP contribution in [0.15, 0.2) is 23.1 Å². The predicted octanol–water partition coefficient (Wildman–Crippen LogP) is 1.22. The van der Waals surface area contributed by atoms with Crippen LogP contribution >= 0.6 is 0 Å². The highest BCUT2D eigenvalue weighted by molar-refractivity contribution is 7.90. The lowest BCUT2D eigenvalue weighted by Gasteiger charge is -2.22. The fraction of sp³-hybridized carbons (Fsp3) is 0.438. The first-order valence-electron chi connectivity index (χ1n) is 7.64. The number of carbonyl (C=O) groups excluding carboxylic acids is 3. The molecule has 0 bridgehead atoms. The zero-order valence-electron chi connectivity index (χ0n) is 13.5. The summed E-state index contributed by atoms with van der Waals surface area (Å²) >= 11 is 0. The van der Waals surface area contributed by atoms with Crippen LogP contribution < -0.4 is 0 Å². The Hall–Kier alpha value is -2.42. The summed E-state index contributed by atoms with van der Waals surface area (Å²) < 4.78 is 23.1. The van der Waals surface area contributed by atoms with Crippen molar-refractivity contribution in [2.45, 2.75) is 18.2 Å². The summed E-state index contributed by atoms with van der Waals surface area (Å²) in [5, 5.41) is 11.3. The lowest BCUT2D eigenvalue weighted by Crippen LogP contribution is -2.41. The van der Waals surface area contributed by atoms with Crippen LogP contribution in [0.25, 0.3) is 0 Å². The van der Waals surface area contributed by atoms with Crippen LogP contribution in [-0.4, -0.2) is 36.9 Å². The van der Waals surface area contributed by atoms with Crippen LogP contribution in [-0.2, 0) is 19.4 Å². The number of nitro benzene ring substituents is 1. The molecule has 8 nitrogen and oxygen atoms in total. The van der Waals surface area contributed by atoms with Gasteiger partial charge in [0.15, 0.2) is 27.2 Å². The van der Waals surface area contributed by atoms with Gasteiger partial charge in [0.05, 0.1) is 15.4 Å². The fourth-order valence-electron chi connectivity index (χ4n) is 3.44. The van der Waals surface area contributed by atoms with Crippen molar-refractivity contribution in [1.29, 1.82) is 0 Å². The van der Waals surface area contributed by atoms with Crippen LogP contribution in [0.5, 0.6) is 0 Å². The minimum Gasteiger partial charge on any atom is -0.298 e. The largest absolute Gasteiger partial charge is 0.298 e. The van der Waals surface area contributed by atoms with Gasteiger partial charge in [-0.2, -0.15) is 0 Å². The third-order valence-corrected chi connectivity index (χ3v) is 6.10. The number of hydrogen-bond acceptors (Lipinski definition) is 7. The normalized spacial score (nSPS) is 28.4. The van der Waals surface area contributed by atoms with E-state index in [2.05, 4.69) is 0 Å². The number of carbonyl (C=O) groups is 3. The number of Topliss-reactive ketones (excluding diaryl/α,β-unsaturated/α-hetero) is 3. The van der Waals surface area contributed by atoms with Crippen LogP contribution in [0.4, 0.5) is 5.69 Å². The predicted molar refractivity (Wildman–Crippen MR) is 84.8 cm³/mol. The zero-order chi connectivity index (χ0) is 18.7. The number of benzene rings is 1. The quantitative estimate of drug-likeness (QED) is 0.339. The van der Waals surface area contributed by atoms with Crippen LogP contribution in [0, 0.1) is 33.8 Å². The highest BCUT2D eigenvalue weighted by Crippen LogP contribution is 2.51. The monoisotopic (exact) mass is 365 g/mol. The Kier molecular flexibility index (Phi) is 3.86. The molecule has 2 fully saturated rings. The van der Waals surface area contributed by atoms with Crippen molar-refractivity contribution in [2.24, 2.45) is 23.7 Å². The van der Waals surface area contributed by atoms with E-state index in [0.717, 1.165) is 24.5 Å². The molecular formula is C16H15NO7S. The minimum absolute atomic E-state index is 0.0355. The van der Waals surface area contributed by atoms with E-state index in [4.69, 9.17) is 0 Å². The van der Waals surface area contributed by atoms with Crippen LogP contribution in [0.2, 0.25) is 0 Å². The molecule has 0 spiro atoms. The molecule has 0 radical (unpaired) electrons. The van der Waals surface area contributed by atoms with Gasteiger partial charge in [0.1, 0.15) is 5.92 Å². The third-order valence-electron chi connectivity index (χ3n) is 4.99. The van der Waals surface area contributed by atoms with E-state index in [9.17, 15) is 32.9 Å². The highest BCUT2D eigenvalue weighted by atomic mass is 32.2. The summed E-state index contributed by atoms with van der Waals surface area (Å²) in [6.07, 6.45) is 1.45. The first kappa shape index (κ1) is 17.4. The van der Waals surface area contributed by atoms with Crippen molar-refractivity contribution in [3.63, 3.8) is 0 Å². The van der Waals surface area contributed by atoms with Gasteiger partial charge in [-0.15, -0.1) is 0 Å². The van der Waals surface area contributed by atoms with E-state index in [1.54, 1.807) is 6.92 Å². The Morgan fingerprint density at radius 3 is 2.44 bits per heavy atom. The van der Waals surface area contributed by atoms with Crippen molar-refractivity contribution in [3.05, 3.63) is 33.9 Å². The molecule has 0 saturated heterocycles. The van der Waals surface area contributed by atoms with E-state index in [-0.39, 0.29) is 16.7 Å². The Morgan fingerprint density at radius 2 is 1.88 bits per heavy atom. The summed E-state index contributed by atoms with van der Waals surface area (Å²) in [6, 6.07) is 2.85. The van der Waals surface area contributed by atoms with Crippen LogP contribution in [0.3, 0.4) is 0 Å². The molecule has 2 aliphatic carbocycles. The maximum atomic E-state index is 12.7. The van der Waals surface area contributed by atoms with E-state index < -0.39 is 55.2 Å². The lowest BCUT2D eigenvalue weighted by atomic mass is 9.76. The van der Waals surface area contributed by atoms with E-state index in [0.29, 0.717) is 6.42 Å². The molecule has 3 rings (SSSR count). The summed E-state index contributed by atoms with van der Waals surface area (Å²) in [6.45, 7) is 1.65. The molecule has 4 unspecified atom stereocenters. The fourth-order valence-corrected chi connectivity index (χ4v) is 4.08. The Bertz CT molecular complexity index is 934. The van der Waals surface area contributed by atoms with Gasteiger partial charge in [-0.1, -0.05) is 6.92 Å². The third kappa shape index (κ3) is 2.78. The summed E-state index contributed by atoms with van der Waals surface area (Å²) in [7, 11) is -3.71. The minimum atomic E-state index is -3.71. The molecule has 0 aliphatic heterocycles. The smallest absolute Gasteiger partial charge is 0.281 e. The van der Waals surface area contributed by atoms with E-state index in [1.807, 2.05) is 0 Å². The number of ketones is 3. The number of nitrogens with zero attached hydrogens (tertiary/aromatic N) is 1. The van der Waals surface area contributed by atoms with Gasteiger partial charge in [-0.05, 0) is 24.5 Å². The molecule has 9 heteroatoms. The summed E-state index contributed by atoms with van der Waals surface area (Å²) in [4.78, 5) is 47.5. The molecule has 2 saturated carbocycles. The van der Waals surface area contributed by atoms with E-state index >= 15 is 0 Å². The van der Waals surface area contributed by atoms with Gasteiger partial charge < -0.3 is 0 Å². The lowest BCUT2D eigenvalue weighted by molar-refractivity contribution is -0.385. The SMILES string of the molecule is CC1C(=O)C(C(=O)c2ccc(S(C)(=O)=O)cc2[N+](=O)[O-])C(=O)C2CC12. The molecule has 4 atom stereocenters. The van der Waals surface area contributed by atoms with Gasteiger partial charge >= 0.3 is 0 Å². The van der Waals surface area contributed by atoms with Gasteiger partial charge in [0.25, 0.3) is 5.69 Å². The topological polar surface area (TPSA) is 128 Å². The highest BCUT2D eigenvalue weighted by Gasteiger charge is 2.59. The summed E-state index contributed by atoms with van der Waals surface area (Å²) in [5.41, 5.74) is -1.14. The number of sulfone groups is 1. The maximum absolute atomic E-state index is 12.7. The molecule has 132 valence electrons. The number of rotatable bonds is 4. The Balaban J connectivity index is 2.06. The average molecular weight is 365 g/mol. The van der Waals surface area contributed by atoms with Crippen molar-refractivity contribution >= 4 is 32.9 Å². The molecule has 2 aliphatic rings. The first-order valence-corrected chi connectivity index (χ1v) is 9.53. The van der Waals surface area contributed by atoms with Gasteiger partial charge in [0, 0.05) is 24.2 Å². The number of nitro groups is 1. The van der Waals surface area contributed by atoms with Crippen molar-refractivity contribution in [1.82, 2.24) is 0 Å². The zero-order valence-corrected chi connectivity index (χ0v) is 14.3. The van der Waals surface area contributed by atoms with Crippen molar-refractivity contribution in [3.8, 4) is 0 Å². The molecular weight excluding hydrogens is 350 g/mol. The van der Waals surface area contributed by atoms with Crippen molar-refractivity contribution in [2.75, 3.05) is 6.26 Å². The average Bonchev–Trinajstić information content (AvgIpc) is 3.32. The molecule has 1 aromatic carbocycles. The Labute approximate surface area is 143 Å². The van der Waals surface area contributed by atoms with Gasteiger partial charge in [0.2, 0.25) is 0 Å². The molecule has 0 amide bonds. The molecule has 0 heterocycles. The number of hydrogen-bond donors (Lipinski definition) is 0. The maximum Gasteiger partial charge on any atom is 0.281 e. The molecule has 25 heavy (non-hydrogen) atoms. The first-order chi connectivity index (χ1) is 11.5. The van der Waals surface area contributed by atoms with Gasteiger partial charge in [-0.25, -0.2) is 8.42 Å². The van der Waals surface area contributed by atoms with Crippen molar-refractivity contribution < 1.29 is 27.7 Å². The van der Waals surface area contributed by atoms with E-state index in [1.165, 1.54) is 0 Å². The van der Waals surface area contributed by atoms with Crippen LogP contribution in [0.1, 0.15) is 23.7 Å². The summed E-state index contributed by atoms with van der Waals surface area (Å²) in [5.74, 6) is -4.29. The molecule has 0 N–H and O–H groups in total.